The Morgan fingerprint density at radius 1 is 1.22 bits per heavy atom. The average Bonchev–Trinajstić information content (AvgIpc) is 3.25. The van der Waals surface area contributed by atoms with Gasteiger partial charge in [-0.15, -0.1) is 0 Å². The van der Waals surface area contributed by atoms with E-state index in [2.05, 4.69) is 25.7 Å². The van der Waals surface area contributed by atoms with Crippen LogP contribution in [-0.2, 0) is 11.2 Å². The number of likely N-dealkylation sites (tertiary alicyclic amines) is 1. The van der Waals surface area contributed by atoms with Gasteiger partial charge >= 0.3 is 0 Å². The summed E-state index contributed by atoms with van der Waals surface area (Å²) in [5, 5.41) is 16.2. The topological polar surface area (TPSA) is 107 Å². The van der Waals surface area contributed by atoms with Crippen LogP contribution in [0, 0.1) is 11.8 Å². The number of nitrogens with zero attached hydrogens (tertiary/aromatic N) is 3. The summed E-state index contributed by atoms with van der Waals surface area (Å²) in [4.78, 5) is 26.2. The van der Waals surface area contributed by atoms with Crippen molar-refractivity contribution in [1.29, 1.82) is 0 Å². The summed E-state index contributed by atoms with van der Waals surface area (Å²) in [6, 6.07) is 3.64. The second-order valence-electron chi connectivity index (χ2n) is 6.27. The van der Waals surface area contributed by atoms with Gasteiger partial charge in [-0.05, 0) is 24.5 Å². The van der Waals surface area contributed by atoms with Crippen LogP contribution in [0.5, 0.6) is 0 Å². The molecule has 1 aliphatic carbocycles. The van der Waals surface area contributed by atoms with Gasteiger partial charge in [-0.3, -0.25) is 19.8 Å². The van der Waals surface area contributed by atoms with E-state index in [0.29, 0.717) is 30.5 Å². The maximum absolute atomic E-state index is 12.3. The Labute approximate surface area is 132 Å². The van der Waals surface area contributed by atoms with Crippen molar-refractivity contribution in [2.75, 3.05) is 13.1 Å². The Bertz CT molecular complexity index is 696. The molecular formula is C15H18N6O2. The van der Waals surface area contributed by atoms with Crippen LogP contribution in [0.2, 0.25) is 0 Å². The number of H-pyrrole nitrogens is 2. The Balaban J connectivity index is 1.31. The number of rotatable bonds is 4. The molecular weight excluding hydrogens is 296 g/mol. The minimum Gasteiger partial charge on any atom is -0.353 e. The van der Waals surface area contributed by atoms with E-state index < -0.39 is 0 Å². The van der Waals surface area contributed by atoms with E-state index in [0.717, 1.165) is 18.7 Å². The van der Waals surface area contributed by atoms with E-state index in [1.54, 1.807) is 24.5 Å². The molecule has 3 atom stereocenters. The zero-order valence-corrected chi connectivity index (χ0v) is 12.5. The minimum absolute atomic E-state index is 0.00366. The molecule has 3 unspecified atom stereocenters. The van der Waals surface area contributed by atoms with Crippen molar-refractivity contribution < 1.29 is 9.59 Å². The molecule has 2 aromatic rings. The largest absolute Gasteiger partial charge is 0.353 e. The summed E-state index contributed by atoms with van der Waals surface area (Å²) in [5.74, 6) is 0.822. The molecule has 1 saturated carbocycles. The number of hydrogen-bond donors (Lipinski definition) is 3. The van der Waals surface area contributed by atoms with E-state index in [9.17, 15) is 9.59 Å². The fourth-order valence-electron chi connectivity index (χ4n) is 3.60. The van der Waals surface area contributed by atoms with Gasteiger partial charge < -0.3 is 10.2 Å². The first-order chi connectivity index (χ1) is 11.2. The number of hydrogen-bond acceptors (Lipinski definition) is 4. The first-order valence-corrected chi connectivity index (χ1v) is 7.77. The zero-order valence-electron chi connectivity index (χ0n) is 12.5. The zero-order chi connectivity index (χ0) is 15.8. The van der Waals surface area contributed by atoms with Gasteiger partial charge in [-0.25, -0.2) is 0 Å². The summed E-state index contributed by atoms with van der Waals surface area (Å²) in [5.41, 5.74) is 1.33. The quantitative estimate of drug-likeness (QED) is 0.735. The number of carbonyl (C=O) groups excluding carboxylic acids is 2. The molecule has 2 aliphatic rings. The Hall–Kier alpha value is -2.64. The highest BCUT2D eigenvalue weighted by Crippen LogP contribution is 2.41. The monoisotopic (exact) mass is 314 g/mol. The highest BCUT2D eigenvalue weighted by Gasteiger charge is 2.48. The predicted molar refractivity (Wildman–Crippen MR) is 80.3 cm³/mol. The van der Waals surface area contributed by atoms with Crippen molar-refractivity contribution in [2.45, 2.75) is 18.9 Å². The molecule has 0 aromatic carbocycles. The molecule has 120 valence electrons. The van der Waals surface area contributed by atoms with Crippen LogP contribution >= 0.6 is 0 Å². The molecule has 0 spiro atoms. The van der Waals surface area contributed by atoms with E-state index in [4.69, 9.17) is 0 Å². The van der Waals surface area contributed by atoms with E-state index in [1.807, 2.05) is 4.90 Å². The number of aromatic nitrogens is 4. The van der Waals surface area contributed by atoms with Crippen molar-refractivity contribution in [3.05, 3.63) is 35.9 Å². The molecule has 8 nitrogen and oxygen atoms in total. The summed E-state index contributed by atoms with van der Waals surface area (Å²) in [7, 11) is 0. The second kappa shape index (κ2) is 5.53. The average molecular weight is 314 g/mol. The van der Waals surface area contributed by atoms with E-state index in [-0.39, 0.29) is 17.9 Å². The predicted octanol–water partition coefficient (Wildman–Crippen LogP) is -0.0478. The molecule has 3 N–H and O–H groups in total. The molecule has 8 heteroatoms. The fraction of sp³-hybridized carbons (Fsp3) is 0.467. The highest BCUT2D eigenvalue weighted by molar-refractivity contribution is 5.92. The fourth-order valence-corrected chi connectivity index (χ4v) is 3.60. The number of fused-ring (bicyclic) bond motifs is 1. The molecule has 0 bridgehead atoms. The standard InChI is InChI=1S/C15H18N6O2/c22-14(6-10-1-3-16-19-10)18-13-5-9-7-21(8-11(9)13)15(23)12-2-4-17-20-12/h1-4,9,11,13H,5-8H2,(H,16,19)(H,17,20)(H,18,22). The molecule has 1 aliphatic heterocycles. The minimum atomic E-state index is -0.0144. The van der Waals surface area contributed by atoms with Gasteiger partial charge in [0.25, 0.3) is 5.91 Å². The molecule has 2 amide bonds. The van der Waals surface area contributed by atoms with Crippen LogP contribution in [0.4, 0.5) is 0 Å². The van der Waals surface area contributed by atoms with Crippen LogP contribution in [0.1, 0.15) is 22.6 Å². The SMILES string of the molecule is O=C(Cc1ccn[nH]1)NC1CC2CN(C(=O)c3ccn[nH]3)CC21. The highest BCUT2D eigenvalue weighted by atomic mass is 16.2. The van der Waals surface area contributed by atoms with Gasteiger partial charge in [0.15, 0.2) is 0 Å². The van der Waals surface area contributed by atoms with Gasteiger partial charge in [-0.2, -0.15) is 10.2 Å². The van der Waals surface area contributed by atoms with Crippen LogP contribution in [-0.4, -0.2) is 56.2 Å². The van der Waals surface area contributed by atoms with E-state index in [1.165, 1.54) is 0 Å². The van der Waals surface area contributed by atoms with Crippen molar-refractivity contribution in [3.63, 3.8) is 0 Å². The lowest BCUT2D eigenvalue weighted by molar-refractivity contribution is -0.122. The summed E-state index contributed by atoms with van der Waals surface area (Å²) < 4.78 is 0. The smallest absolute Gasteiger partial charge is 0.271 e. The number of carbonyl (C=O) groups is 2. The molecule has 0 radical (unpaired) electrons. The van der Waals surface area contributed by atoms with Crippen LogP contribution in [0.25, 0.3) is 0 Å². The third kappa shape index (κ3) is 2.60. The maximum Gasteiger partial charge on any atom is 0.271 e. The maximum atomic E-state index is 12.3. The third-order valence-electron chi connectivity index (χ3n) is 4.84. The van der Waals surface area contributed by atoms with Crippen LogP contribution in [0.3, 0.4) is 0 Å². The molecule has 4 rings (SSSR count). The molecule has 3 heterocycles. The van der Waals surface area contributed by atoms with Crippen LogP contribution < -0.4 is 5.32 Å². The van der Waals surface area contributed by atoms with Crippen molar-refractivity contribution in [1.82, 2.24) is 30.6 Å². The summed E-state index contributed by atoms with van der Waals surface area (Å²) in [6.07, 6.45) is 4.46. The van der Waals surface area contributed by atoms with Crippen molar-refractivity contribution in [2.24, 2.45) is 11.8 Å². The van der Waals surface area contributed by atoms with Crippen molar-refractivity contribution >= 4 is 11.8 Å². The first-order valence-electron chi connectivity index (χ1n) is 7.77. The Morgan fingerprint density at radius 2 is 2.04 bits per heavy atom. The number of nitrogens with one attached hydrogen (secondary N) is 3. The molecule has 23 heavy (non-hydrogen) atoms. The third-order valence-corrected chi connectivity index (χ3v) is 4.84. The van der Waals surface area contributed by atoms with Crippen molar-refractivity contribution in [3.8, 4) is 0 Å². The summed E-state index contributed by atoms with van der Waals surface area (Å²) >= 11 is 0. The number of amides is 2. The van der Waals surface area contributed by atoms with Gasteiger partial charge in [0, 0.05) is 43.1 Å². The number of aromatic amines is 2. The summed E-state index contributed by atoms with van der Waals surface area (Å²) in [6.45, 7) is 1.45. The Kier molecular flexibility index (Phi) is 3.36. The van der Waals surface area contributed by atoms with Gasteiger partial charge in [0.2, 0.25) is 5.91 Å². The second-order valence-corrected chi connectivity index (χ2v) is 6.27. The van der Waals surface area contributed by atoms with Gasteiger partial charge in [0.1, 0.15) is 5.69 Å². The van der Waals surface area contributed by atoms with Gasteiger partial charge in [-0.1, -0.05) is 0 Å². The lowest BCUT2D eigenvalue weighted by Crippen LogP contribution is -2.52. The lowest BCUT2D eigenvalue weighted by atomic mass is 9.71. The molecule has 2 aromatic heterocycles. The molecule has 2 fully saturated rings. The Morgan fingerprint density at radius 3 is 2.78 bits per heavy atom. The lowest BCUT2D eigenvalue weighted by Gasteiger charge is -2.39. The molecule has 1 saturated heterocycles. The van der Waals surface area contributed by atoms with E-state index >= 15 is 0 Å². The normalized spacial score (nSPS) is 25.7. The van der Waals surface area contributed by atoms with Crippen LogP contribution in [0.15, 0.2) is 24.5 Å². The first kappa shape index (κ1) is 14.0. The van der Waals surface area contributed by atoms with Gasteiger partial charge in [0.05, 0.1) is 6.42 Å².